The Morgan fingerprint density at radius 2 is 1.19 bits per heavy atom. The molecule has 3 atom stereocenters. The van der Waals surface area contributed by atoms with Crippen LogP contribution in [0.15, 0.2) is 72.8 Å². The van der Waals surface area contributed by atoms with E-state index in [2.05, 4.69) is 16.8 Å². The van der Waals surface area contributed by atoms with Crippen LogP contribution in [-0.4, -0.2) is 16.8 Å². The Kier molecular flexibility index (Phi) is 3.10. The van der Waals surface area contributed by atoms with Gasteiger partial charge in [0.25, 0.3) is 0 Å². The van der Waals surface area contributed by atoms with Crippen molar-refractivity contribution in [3.63, 3.8) is 0 Å². The summed E-state index contributed by atoms with van der Waals surface area (Å²) in [5.74, 6) is 0. The highest BCUT2D eigenvalue weighted by molar-refractivity contribution is 7.76. The number of nitrogens with zero attached hydrogens (tertiary/aromatic N) is 1. The molecule has 3 heteroatoms. The molecule has 2 aromatic carbocycles. The highest BCUT2D eigenvalue weighted by Gasteiger charge is 2.57. The van der Waals surface area contributed by atoms with E-state index in [1.54, 1.807) is 0 Å². The predicted molar refractivity (Wildman–Crippen MR) is 87.5 cm³/mol. The van der Waals surface area contributed by atoms with E-state index in [4.69, 9.17) is 0 Å². The molecular formula is C18H18NOP. The molecule has 1 aliphatic heterocycles. The highest BCUT2D eigenvalue weighted by Crippen LogP contribution is 2.60. The fourth-order valence-electron chi connectivity index (χ4n) is 3.42. The molecule has 0 amide bonds. The maximum atomic E-state index is 14.0. The summed E-state index contributed by atoms with van der Waals surface area (Å²) >= 11 is 0. The van der Waals surface area contributed by atoms with Crippen molar-refractivity contribution >= 4 is 17.9 Å². The van der Waals surface area contributed by atoms with E-state index < -0.39 is 7.29 Å². The van der Waals surface area contributed by atoms with Crippen LogP contribution in [0.2, 0.25) is 0 Å². The number of rotatable bonds is 3. The van der Waals surface area contributed by atoms with Gasteiger partial charge in [0.05, 0.1) is 0 Å². The second-order valence-electron chi connectivity index (χ2n) is 5.70. The molecule has 1 unspecified atom stereocenters. The van der Waals surface area contributed by atoms with Crippen molar-refractivity contribution in [3.8, 4) is 0 Å². The molecule has 0 saturated carbocycles. The summed E-state index contributed by atoms with van der Waals surface area (Å²) in [4.78, 5) is 0. The Bertz CT molecular complexity index is 653. The van der Waals surface area contributed by atoms with Gasteiger partial charge in [-0.3, -0.25) is 4.57 Å². The first-order valence-corrected chi connectivity index (χ1v) is 9.13. The van der Waals surface area contributed by atoms with Crippen LogP contribution in [0.25, 0.3) is 0 Å². The van der Waals surface area contributed by atoms with Crippen molar-refractivity contribution in [2.75, 3.05) is 0 Å². The van der Waals surface area contributed by atoms with Crippen LogP contribution in [0, 0.1) is 0 Å². The molecule has 4 rings (SSSR count). The Labute approximate surface area is 125 Å². The van der Waals surface area contributed by atoms with Crippen LogP contribution in [0.5, 0.6) is 0 Å². The summed E-state index contributed by atoms with van der Waals surface area (Å²) in [6.07, 6.45) is 6.49. The number of fused-ring (bicyclic) bond motifs is 1. The molecule has 2 aliphatic rings. The van der Waals surface area contributed by atoms with Crippen LogP contribution < -0.4 is 10.6 Å². The Hall–Kier alpha value is -1.63. The average molecular weight is 295 g/mol. The summed E-state index contributed by atoms with van der Waals surface area (Å²) in [5.41, 5.74) is 0. The minimum absolute atomic E-state index is 0.446. The standard InChI is InChI=1S/C18H18NOP/c20-21(15-9-3-1-4-10-15,16-11-5-2-6-12-16)19-17-13-7-8-14-18(17)19/h1-12,17-18H,13-14H2/t17-,18+,19?. The largest absolute Gasteiger partial charge is 0.296 e. The minimum atomic E-state index is -2.70. The molecule has 0 aromatic heterocycles. The van der Waals surface area contributed by atoms with E-state index in [1.165, 1.54) is 0 Å². The van der Waals surface area contributed by atoms with Crippen LogP contribution in [0.1, 0.15) is 12.8 Å². The van der Waals surface area contributed by atoms with Gasteiger partial charge in [-0.1, -0.05) is 48.6 Å². The van der Waals surface area contributed by atoms with Gasteiger partial charge >= 0.3 is 0 Å². The monoisotopic (exact) mass is 295 g/mol. The maximum absolute atomic E-state index is 14.0. The van der Waals surface area contributed by atoms with Gasteiger partial charge in [-0.25, -0.2) is 4.67 Å². The highest BCUT2D eigenvalue weighted by atomic mass is 31.2. The summed E-state index contributed by atoms with van der Waals surface area (Å²) < 4.78 is 16.3. The van der Waals surface area contributed by atoms with Crippen molar-refractivity contribution in [2.45, 2.75) is 24.9 Å². The number of hydrogen-bond donors (Lipinski definition) is 0. The molecule has 21 heavy (non-hydrogen) atoms. The van der Waals surface area contributed by atoms with Gasteiger partial charge in [0, 0.05) is 22.7 Å². The van der Waals surface area contributed by atoms with Crippen molar-refractivity contribution < 1.29 is 4.57 Å². The van der Waals surface area contributed by atoms with Gasteiger partial charge < -0.3 is 0 Å². The molecule has 2 aromatic rings. The first-order chi connectivity index (χ1) is 10.3. The number of hydrogen-bond acceptors (Lipinski definition) is 1. The van der Waals surface area contributed by atoms with Crippen molar-refractivity contribution in [3.05, 3.63) is 72.8 Å². The van der Waals surface area contributed by atoms with E-state index in [9.17, 15) is 4.57 Å². The molecule has 1 saturated heterocycles. The number of benzene rings is 2. The summed E-state index contributed by atoms with van der Waals surface area (Å²) in [6.45, 7) is 0. The lowest BCUT2D eigenvalue weighted by Gasteiger charge is -2.21. The minimum Gasteiger partial charge on any atom is -0.296 e. The van der Waals surface area contributed by atoms with E-state index >= 15 is 0 Å². The predicted octanol–water partition coefficient (Wildman–Crippen LogP) is 3.32. The fraction of sp³-hybridized carbons (Fsp3) is 0.222. The molecule has 0 bridgehead atoms. The third-order valence-electron chi connectivity index (χ3n) is 4.49. The average Bonchev–Trinajstić information content (AvgIpc) is 3.31. The quantitative estimate of drug-likeness (QED) is 0.492. The first-order valence-electron chi connectivity index (χ1n) is 7.47. The lowest BCUT2D eigenvalue weighted by molar-refractivity contribution is 0.553. The van der Waals surface area contributed by atoms with Crippen molar-refractivity contribution in [1.82, 2.24) is 4.67 Å². The molecule has 1 fully saturated rings. The molecular weight excluding hydrogens is 277 g/mol. The van der Waals surface area contributed by atoms with E-state index in [0.29, 0.717) is 12.1 Å². The lowest BCUT2D eigenvalue weighted by Crippen LogP contribution is -2.23. The zero-order valence-corrected chi connectivity index (χ0v) is 12.7. The van der Waals surface area contributed by atoms with Crippen molar-refractivity contribution in [2.24, 2.45) is 0 Å². The van der Waals surface area contributed by atoms with E-state index in [1.807, 2.05) is 60.7 Å². The van der Waals surface area contributed by atoms with Gasteiger partial charge in [0.15, 0.2) is 0 Å². The smallest absolute Gasteiger partial charge is 0.207 e. The second kappa shape index (κ2) is 4.98. The topological polar surface area (TPSA) is 20.1 Å². The fourth-order valence-corrected chi connectivity index (χ4v) is 6.67. The van der Waals surface area contributed by atoms with Crippen LogP contribution in [-0.2, 0) is 4.57 Å². The summed E-state index contributed by atoms with van der Waals surface area (Å²) in [5, 5.41) is 1.90. The molecule has 1 heterocycles. The zero-order valence-electron chi connectivity index (χ0n) is 11.8. The maximum Gasteiger partial charge on any atom is 0.207 e. The van der Waals surface area contributed by atoms with Gasteiger partial charge in [0.1, 0.15) is 0 Å². The Balaban J connectivity index is 1.83. The molecule has 1 aliphatic carbocycles. The lowest BCUT2D eigenvalue weighted by atomic mass is 10.1. The first kappa shape index (κ1) is 13.1. The van der Waals surface area contributed by atoms with Gasteiger partial charge in [-0.2, -0.15) is 0 Å². The van der Waals surface area contributed by atoms with E-state index in [0.717, 1.165) is 23.5 Å². The summed E-state index contributed by atoms with van der Waals surface area (Å²) in [6, 6.07) is 20.8. The third-order valence-corrected chi connectivity index (χ3v) is 7.73. The zero-order chi connectivity index (χ0) is 14.3. The molecule has 2 nitrogen and oxygen atoms in total. The Morgan fingerprint density at radius 3 is 1.62 bits per heavy atom. The molecule has 0 spiro atoms. The third kappa shape index (κ3) is 2.02. The second-order valence-corrected chi connectivity index (χ2v) is 8.35. The SMILES string of the molecule is O=P(c1ccccc1)(c1ccccc1)N1[C@@H]2CC=CC[C@@H]21. The Morgan fingerprint density at radius 1 is 0.762 bits per heavy atom. The normalized spacial score (nSPS) is 27.1. The van der Waals surface area contributed by atoms with E-state index in [-0.39, 0.29) is 0 Å². The van der Waals surface area contributed by atoms with Gasteiger partial charge in [-0.15, -0.1) is 0 Å². The molecule has 0 N–H and O–H groups in total. The van der Waals surface area contributed by atoms with Crippen LogP contribution >= 0.6 is 7.29 Å². The van der Waals surface area contributed by atoms with Gasteiger partial charge in [0.2, 0.25) is 7.29 Å². The van der Waals surface area contributed by atoms with Crippen molar-refractivity contribution in [1.29, 1.82) is 0 Å². The molecule has 106 valence electrons. The molecule has 0 radical (unpaired) electrons. The van der Waals surface area contributed by atoms with Crippen LogP contribution in [0.4, 0.5) is 0 Å². The summed E-state index contributed by atoms with van der Waals surface area (Å²) in [7, 11) is -2.70. The van der Waals surface area contributed by atoms with Crippen LogP contribution in [0.3, 0.4) is 0 Å². The van der Waals surface area contributed by atoms with Gasteiger partial charge in [-0.05, 0) is 37.1 Å².